The first-order chi connectivity index (χ1) is 12.6. The van der Waals surface area contributed by atoms with Crippen molar-refractivity contribution in [2.45, 2.75) is 6.92 Å². The van der Waals surface area contributed by atoms with Crippen LogP contribution in [0, 0.1) is 0 Å². The molecule has 26 heavy (non-hydrogen) atoms. The largest absolute Gasteiger partial charge is 0.497 e. The van der Waals surface area contributed by atoms with Gasteiger partial charge in [-0.05, 0) is 59.0 Å². The van der Waals surface area contributed by atoms with Gasteiger partial charge >= 0.3 is 0 Å². The zero-order valence-electron chi connectivity index (χ0n) is 15.2. The lowest BCUT2D eigenvalue weighted by Crippen LogP contribution is -1.93. The van der Waals surface area contributed by atoms with Crippen molar-refractivity contribution < 1.29 is 9.47 Å². The van der Waals surface area contributed by atoms with Crippen LogP contribution in [0.15, 0.2) is 97.3 Å². The normalized spacial score (nSPS) is 10.2. The SMILES string of the molecule is C=C(C)C(=C)Oc1ccc(-c2ccc(-c3ccc(OC)cc3)cc2)cc1. The summed E-state index contributed by atoms with van der Waals surface area (Å²) in [6.45, 7) is 9.55. The lowest BCUT2D eigenvalue weighted by Gasteiger charge is -2.09. The van der Waals surface area contributed by atoms with Crippen molar-refractivity contribution in [2.24, 2.45) is 0 Å². The number of hydrogen-bond acceptors (Lipinski definition) is 2. The first kappa shape index (κ1) is 17.6. The zero-order valence-corrected chi connectivity index (χ0v) is 15.2. The van der Waals surface area contributed by atoms with Gasteiger partial charge in [0, 0.05) is 0 Å². The minimum absolute atomic E-state index is 0.585. The van der Waals surface area contributed by atoms with E-state index in [9.17, 15) is 0 Å². The Bertz CT molecular complexity index is 902. The quantitative estimate of drug-likeness (QED) is 0.376. The Hall–Kier alpha value is -3.26. The molecule has 0 bridgehead atoms. The van der Waals surface area contributed by atoms with E-state index in [0.717, 1.165) is 28.2 Å². The van der Waals surface area contributed by atoms with Gasteiger partial charge in [0.15, 0.2) is 0 Å². The van der Waals surface area contributed by atoms with E-state index in [1.165, 1.54) is 11.1 Å². The van der Waals surface area contributed by atoms with Gasteiger partial charge in [-0.3, -0.25) is 0 Å². The molecule has 0 unspecified atom stereocenters. The lowest BCUT2D eigenvalue weighted by molar-refractivity contribution is 0.415. The summed E-state index contributed by atoms with van der Waals surface area (Å²) < 4.78 is 10.9. The van der Waals surface area contributed by atoms with E-state index in [1.807, 2.05) is 43.3 Å². The van der Waals surface area contributed by atoms with E-state index in [4.69, 9.17) is 9.47 Å². The molecular formula is C24H22O2. The minimum Gasteiger partial charge on any atom is -0.497 e. The molecule has 3 aromatic carbocycles. The van der Waals surface area contributed by atoms with E-state index in [2.05, 4.69) is 49.6 Å². The molecule has 2 heteroatoms. The van der Waals surface area contributed by atoms with Crippen LogP contribution in [-0.4, -0.2) is 7.11 Å². The van der Waals surface area contributed by atoms with Gasteiger partial charge in [0.1, 0.15) is 17.3 Å². The fraction of sp³-hybridized carbons (Fsp3) is 0.0833. The van der Waals surface area contributed by atoms with E-state index in [-0.39, 0.29) is 0 Å². The predicted octanol–water partition coefficient (Wildman–Crippen LogP) is 6.50. The summed E-state index contributed by atoms with van der Waals surface area (Å²) in [5.74, 6) is 2.21. The van der Waals surface area contributed by atoms with E-state index < -0.39 is 0 Å². The highest BCUT2D eigenvalue weighted by molar-refractivity contribution is 5.71. The van der Waals surface area contributed by atoms with Gasteiger partial charge in [0.05, 0.1) is 7.11 Å². The Balaban J connectivity index is 1.75. The molecule has 0 fully saturated rings. The summed E-state index contributed by atoms with van der Waals surface area (Å²) in [5, 5.41) is 0. The van der Waals surface area contributed by atoms with Gasteiger partial charge in [-0.25, -0.2) is 0 Å². The third-order valence-corrected chi connectivity index (χ3v) is 4.21. The zero-order chi connectivity index (χ0) is 18.5. The molecule has 3 aromatic rings. The van der Waals surface area contributed by atoms with E-state index >= 15 is 0 Å². The number of ether oxygens (including phenoxy) is 2. The molecule has 0 saturated heterocycles. The van der Waals surface area contributed by atoms with Crippen molar-refractivity contribution in [3.8, 4) is 33.8 Å². The van der Waals surface area contributed by atoms with Crippen LogP contribution >= 0.6 is 0 Å². The summed E-state index contributed by atoms with van der Waals surface area (Å²) in [5.41, 5.74) is 5.46. The first-order valence-electron chi connectivity index (χ1n) is 8.44. The Morgan fingerprint density at radius 3 is 1.31 bits per heavy atom. The molecule has 0 heterocycles. The fourth-order valence-electron chi connectivity index (χ4n) is 2.58. The van der Waals surface area contributed by atoms with Crippen LogP contribution in [0.1, 0.15) is 6.92 Å². The molecule has 3 rings (SSSR count). The van der Waals surface area contributed by atoms with Gasteiger partial charge in [-0.15, -0.1) is 0 Å². The van der Waals surface area contributed by atoms with Crippen LogP contribution in [0.3, 0.4) is 0 Å². The van der Waals surface area contributed by atoms with Crippen LogP contribution in [0.25, 0.3) is 22.3 Å². The number of benzene rings is 3. The van der Waals surface area contributed by atoms with Gasteiger partial charge < -0.3 is 9.47 Å². The monoisotopic (exact) mass is 342 g/mol. The maximum atomic E-state index is 5.66. The second-order valence-electron chi connectivity index (χ2n) is 6.14. The Kier molecular flexibility index (Phi) is 5.23. The smallest absolute Gasteiger partial charge is 0.127 e. The molecule has 0 atom stereocenters. The van der Waals surface area contributed by atoms with Crippen LogP contribution < -0.4 is 9.47 Å². The number of rotatable bonds is 6. The van der Waals surface area contributed by atoms with Crippen molar-refractivity contribution in [1.29, 1.82) is 0 Å². The molecule has 0 N–H and O–H groups in total. The van der Waals surface area contributed by atoms with Crippen LogP contribution in [-0.2, 0) is 0 Å². The molecule has 0 saturated carbocycles. The van der Waals surface area contributed by atoms with Gasteiger partial charge in [0.25, 0.3) is 0 Å². The Morgan fingerprint density at radius 2 is 0.962 bits per heavy atom. The minimum atomic E-state index is 0.585. The molecular weight excluding hydrogens is 320 g/mol. The van der Waals surface area contributed by atoms with Crippen LogP contribution in [0.4, 0.5) is 0 Å². The first-order valence-corrected chi connectivity index (χ1v) is 8.44. The van der Waals surface area contributed by atoms with Crippen molar-refractivity contribution in [2.75, 3.05) is 7.11 Å². The van der Waals surface area contributed by atoms with E-state index in [1.54, 1.807) is 7.11 Å². The summed E-state index contributed by atoms with van der Waals surface area (Å²) in [7, 11) is 1.68. The molecule has 130 valence electrons. The van der Waals surface area contributed by atoms with Gasteiger partial charge in [-0.1, -0.05) is 61.7 Å². The molecule has 0 aromatic heterocycles. The summed E-state index contributed by atoms with van der Waals surface area (Å²) >= 11 is 0. The molecule has 0 aliphatic carbocycles. The van der Waals surface area contributed by atoms with Crippen molar-refractivity contribution in [1.82, 2.24) is 0 Å². The maximum absolute atomic E-state index is 5.66. The highest BCUT2D eigenvalue weighted by Crippen LogP contribution is 2.28. The number of methoxy groups -OCH3 is 1. The average Bonchev–Trinajstić information content (AvgIpc) is 2.69. The number of allylic oxidation sites excluding steroid dienone is 1. The van der Waals surface area contributed by atoms with Crippen molar-refractivity contribution >= 4 is 0 Å². The molecule has 0 radical (unpaired) electrons. The summed E-state index contributed by atoms with van der Waals surface area (Å²) in [6, 6.07) is 24.6. The Labute approximate surface area is 155 Å². The van der Waals surface area contributed by atoms with Crippen molar-refractivity contribution in [3.63, 3.8) is 0 Å². The lowest BCUT2D eigenvalue weighted by atomic mass is 10.0. The highest BCUT2D eigenvalue weighted by atomic mass is 16.5. The third-order valence-electron chi connectivity index (χ3n) is 4.21. The molecule has 0 spiro atoms. The van der Waals surface area contributed by atoms with Gasteiger partial charge in [0.2, 0.25) is 0 Å². The standard InChI is InChI=1S/C24H22O2/c1-17(2)18(3)26-24-15-11-22(12-16-24)20-7-5-19(6-8-20)21-9-13-23(25-4)14-10-21/h5-16H,1,3H2,2,4H3. The molecule has 2 nitrogen and oxygen atoms in total. The topological polar surface area (TPSA) is 18.5 Å². The average molecular weight is 342 g/mol. The maximum Gasteiger partial charge on any atom is 0.127 e. The Morgan fingerprint density at radius 1 is 0.615 bits per heavy atom. The predicted molar refractivity (Wildman–Crippen MR) is 108 cm³/mol. The molecule has 0 aliphatic heterocycles. The summed E-state index contributed by atoms with van der Waals surface area (Å²) in [4.78, 5) is 0. The van der Waals surface area contributed by atoms with Gasteiger partial charge in [-0.2, -0.15) is 0 Å². The highest BCUT2D eigenvalue weighted by Gasteiger charge is 2.03. The van der Waals surface area contributed by atoms with Crippen LogP contribution in [0.2, 0.25) is 0 Å². The second-order valence-corrected chi connectivity index (χ2v) is 6.14. The van der Waals surface area contributed by atoms with E-state index in [0.29, 0.717) is 5.76 Å². The molecule has 0 aliphatic rings. The fourth-order valence-corrected chi connectivity index (χ4v) is 2.58. The van der Waals surface area contributed by atoms with Crippen LogP contribution in [0.5, 0.6) is 11.5 Å². The number of hydrogen-bond donors (Lipinski definition) is 0. The summed E-state index contributed by atoms with van der Waals surface area (Å²) in [6.07, 6.45) is 0. The van der Waals surface area contributed by atoms with Crippen molar-refractivity contribution in [3.05, 3.63) is 97.3 Å². The second kappa shape index (κ2) is 7.75. The molecule has 0 amide bonds. The third kappa shape index (κ3) is 4.04.